The van der Waals surface area contributed by atoms with Gasteiger partial charge in [-0.25, -0.2) is 4.39 Å². The number of halogens is 1. The number of aromatic amines is 1. The van der Waals surface area contributed by atoms with Crippen molar-refractivity contribution in [2.75, 3.05) is 31.1 Å². The Bertz CT molecular complexity index is 1390. The number of piperidine rings is 1. The standard InChI is InChI=1S/C27H28FN5O3/c1-16-2-3-19-18(13-29-22(19)10-16)14-31-6-8-32(9-7-31)24-11-17-15-33(27(36)20(17)12-21(24)28)23-4-5-25(34)30-26(23)35/h2-3,10-13,23,29H,4-9,14-15H2,1H3,(H,30,34,35). The third-order valence-corrected chi connectivity index (χ3v) is 7.62. The molecule has 4 heterocycles. The number of nitrogens with one attached hydrogen (secondary N) is 2. The molecule has 0 bridgehead atoms. The van der Waals surface area contributed by atoms with Crippen LogP contribution in [0.25, 0.3) is 10.9 Å². The van der Waals surface area contributed by atoms with Gasteiger partial charge in [-0.05, 0) is 48.2 Å². The van der Waals surface area contributed by atoms with E-state index in [2.05, 4.69) is 46.5 Å². The van der Waals surface area contributed by atoms with E-state index < -0.39 is 17.8 Å². The van der Waals surface area contributed by atoms with E-state index in [1.54, 1.807) is 6.07 Å². The van der Waals surface area contributed by atoms with E-state index in [0.29, 0.717) is 24.3 Å². The first kappa shape index (κ1) is 22.7. The van der Waals surface area contributed by atoms with Crippen molar-refractivity contribution < 1.29 is 18.8 Å². The van der Waals surface area contributed by atoms with Crippen molar-refractivity contribution in [2.24, 2.45) is 0 Å². The molecule has 2 aromatic carbocycles. The fraction of sp³-hybridized carbons (Fsp3) is 0.370. The summed E-state index contributed by atoms with van der Waals surface area (Å²) < 4.78 is 15.2. The van der Waals surface area contributed by atoms with E-state index in [-0.39, 0.29) is 31.2 Å². The number of rotatable bonds is 4. The maximum atomic E-state index is 15.2. The van der Waals surface area contributed by atoms with Crippen LogP contribution in [-0.2, 0) is 22.7 Å². The van der Waals surface area contributed by atoms with E-state index in [9.17, 15) is 14.4 Å². The van der Waals surface area contributed by atoms with Gasteiger partial charge in [0.25, 0.3) is 5.91 Å². The summed E-state index contributed by atoms with van der Waals surface area (Å²) >= 11 is 0. The lowest BCUT2D eigenvalue weighted by Gasteiger charge is -2.36. The second kappa shape index (κ2) is 8.74. The van der Waals surface area contributed by atoms with Gasteiger partial charge in [-0.15, -0.1) is 0 Å². The van der Waals surface area contributed by atoms with Crippen LogP contribution in [0.4, 0.5) is 10.1 Å². The summed E-state index contributed by atoms with van der Waals surface area (Å²) in [6.45, 7) is 6.13. The molecule has 0 spiro atoms. The van der Waals surface area contributed by atoms with Gasteiger partial charge < -0.3 is 14.8 Å². The molecule has 2 saturated heterocycles. The van der Waals surface area contributed by atoms with Crippen LogP contribution in [0.15, 0.2) is 36.5 Å². The van der Waals surface area contributed by atoms with E-state index in [1.807, 2.05) is 4.90 Å². The lowest BCUT2D eigenvalue weighted by molar-refractivity contribution is -0.136. The average molecular weight is 490 g/mol. The average Bonchev–Trinajstić information content (AvgIpc) is 3.39. The Kier molecular flexibility index (Phi) is 5.52. The van der Waals surface area contributed by atoms with Gasteiger partial charge in [0.2, 0.25) is 11.8 Å². The highest BCUT2D eigenvalue weighted by Crippen LogP contribution is 2.33. The van der Waals surface area contributed by atoms with Crippen molar-refractivity contribution in [1.82, 2.24) is 20.1 Å². The number of benzene rings is 2. The molecule has 3 aliphatic rings. The van der Waals surface area contributed by atoms with Crippen LogP contribution < -0.4 is 10.2 Å². The minimum Gasteiger partial charge on any atom is -0.367 e. The molecule has 2 N–H and O–H groups in total. The van der Waals surface area contributed by atoms with E-state index in [4.69, 9.17) is 0 Å². The fourth-order valence-electron chi connectivity index (χ4n) is 5.64. The highest BCUT2D eigenvalue weighted by molar-refractivity contribution is 6.05. The SMILES string of the molecule is Cc1ccc2c(CN3CCN(c4cc5c(cc4F)C(=O)N(C4CCC(=O)NC4=O)C5)CC3)c[nH]c2c1. The molecule has 8 nitrogen and oxygen atoms in total. The molecule has 186 valence electrons. The third-order valence-electron chi connectivity index (χ3n) is 7.62. The van der Waals surface area contributed by atoms with Gasteiger partial charge in [-0.2, -0.15) is 0 Å². The van der Waals surface area contributed by atoms with Crippen molar-refractivity contribution in [2.45, 2.75) is 38.9 Å². The van der Waals surface area contributed by atoms with Crippen LogP contribution in [0.5, 0.6) is 0 Å². The van der Waals surface area contributed by atoms with Crippen molar-refractivity contribution in [3.8, 4) is 0 Å². The number of aryl methyl sites for hydroxylation is 1. The maximum absolute atomic E-state index is 15.2. The lowest BCUT2D eigenvalue weighted by atomic mass is 10.0. The fourth-order valence-corrected chi connectivity index (χ4v) is 5.64. The Morgan fingerprint density at radius 2 is 1.86 bits per heavy atom. The number of imide groups is 1. The molecular formula is C27H28FN5O3. The molecule has 9 heteroatoms. The summed E-state index contributed by atoms with van der Waals surface area (Å²) in [6.07, 6.45) is 2.55. The number of aromatic nitrogens is 1. The first-order valence-electron chi connectivity index (χ1n) is 12.4. The number of nitrogens with zero attached hydrogens (tertiary/aromatic N) is 3. The Morgan fingerprint density at radius 3 is 2.64 bits per heavy atom. The Morgan fingerprint density at radius 1 is 1.06 bits per heavy atom. The minimum absolute atomic E-state index is 0.193. The van der Waals surface area contributed by atoms with Crippen molar-refractivity contribution in [1.29, 1.82) is 0 Å². The third kappa shape index (κ3) is 3.93. The van der Waals surface area contributed by atoms with Gasteiger partial charge in [-0.3, -0.25) is 24.6 Å². The summed E-state index contributed by atoms with van der Waals surface area (Å²) in [6, 6.07) is 8.79. The van der Waals surface area contributed by atoms with Gasteiger partial charge in [0.15, 0.2) is 0 Å². The van der Waals surface area contributed by atoms with Crippen LogP contribution in [0.3, 0.4) is 0 Å². The predicted octanol–water partition coefficient (Wildman–Crippen LogP) is 2.70. The van der Waals surface area contributed by atoms with E-state index in [0.717, 1.165) is 30.7 Å². The Balaban J connectivity index is 1.14. The Hall–Kier alpha value is -3.72. The van der Waals surface area contributed by atoms with Crippen LogP contribution in [-0.4, -0.2) is 64.7 Å². The molecule has 0 saturated carbocycles. The number of H-pyrrole nitrogens is 1. The molecule has 0 radical (unpaired) electrons. The number of carbonyl (C=O) groups excluding carboxylic acids is 3. The van der Waals surface area contributed by atoms with Crippen LogP contribution in [0.1, 0.15) is 39.9 Å². The topological polar surface area (TPSA) is 88.8 Å². The van der Waals surface area contributed by atoms with Crippen LogP contribution >= 0.6 is 0 Å². The molecule has 1 unspecified atom stereocenters. The normalized spacial score (nSPS) is 20.8. The second-order valence-electron chi connectivity index (χ2n) is 9.99. The number of anilines is 1. The first-order chi connectivity index (χ1) is 17.4. The van der Waals surface area contributed by atoms with Crippen molar-refractivity contribution in [3.63, 3.8) is 0 Å². The van der Waals surface area contributed by atoms with E-state index >= 15 is 4.39 Å². The molecule has 36 heavy (non-hydrogen) atoms. The molecule has 1 atom stereocenters. The molecular weight excluding hydrogens is 461 g/mol. The van der Waals surface area contributed by atoms with Gasteiger partial charge in [0.1, 0.15) is 11.9 Å². The molecule has 3 aliphatic heterocycles. The summed E-state index contributed by atoms with van der Waals surface area (Å²) in [5.41, 5.74) is 5.14. The second-order valence-corrected chi connectivity index (χ2v) is 9.99. The molecule has 3 aromatic rings. The van der Waals surface area contributed by atoms with Crippen LogP contribution in [0, 0.1) is 12.7 Å². The van der Waals surface area contributed by atoms with Gasteiger partial charge in [0.05, 0.1) is 5.69 Å². The van der Waals surface area contributed by atoms with Crippen molar-refractivity contribution in [3.05, 3.63) is 64.6 Å². The molecule has 1 aromatic heterocycles. The molecule has 3 amide bonds. The summed E-state index contributed by atoms with van der Waals surface area (Å²) in [5, 5.41) is 3.53. The van der Waals surface area contributed by atoms with Gasteiger partial charge in [-0.1, -0.05) is 12.1 Å². The maximum Gasteiger partial charge on any atom is 0.255 e. The highest BCUT2D eigenvalue weighted by atomic mass is 19.1. The number of hydrogen-bond acceptors (Lipinski definition) is 5. The zero-order valence-electron chi connectivity index (χ0n) is 20.1. The Labute approximate surface area is 208 Å². The number of fused-ring (bicyclic) bond motifs is 2. The van der Waals surface area contributed by atoms with E-state index in [1.165, 1.54) is 27.5 Å². The quantitative estimate of drug-likeness (QED) is 0.551. The molecule has 2 fully saturated rings. The monoisotopic (exact) mass is 489 g/mol. The number of amides is 3. The molecule has 0 aliphatic carbocycles. The summed E-state index contributed by atoms with van der Waals surface area (Å²) in [4.78, 5) is 45.9. The highest BCUT2D eigenvalue weighted by Gasteiger charge is 2.40. The number of hydrogen-bond donors (Lipinski definition) is 2. The number of carbonyl (C=O) groups is 3. The summed E-state index contributed by atoms with van der Waals surface area (Å²) in [5.74, 6) is -1.57. The van der Waals surface area contributed by atoms with Gasteiger partial charge >= 0.3 is 0 Å². The smallest absolute Gasteiger partial charge is 0.255 e. The first-order valence-corrected chi connectivity index (χ1v) is 12.4. The van der Waals surface area contributed by atoms with Gasteiger partial charge in [0, 0.05) is 68.4 Å². The van der Waals surface area contributed by atoms with Crippen molar-refractivity contribution >= 4 is 34.3 Å². The lowest BCUT2D eigenvalue weighted by Crippen LogP contribution is -2.52. The summed E-state index contributed by atoms with van der Waals surface area (Å²) in [7, 11) is 0. The van der Waals surface area contributed by atoms with Crippen LogP contribution in [0.2, 0.25) is 0 Å². The number of piperazine rings is 1. The largest absolute Gasteiger partial charge is 0.367 e. The zero-order chi connectivity index (χ0) is 25.0. The predicted molar refractivity (Wildman–Crippen MR) is 133 cm³/mol. The molecule has 6 rings (SSSR count). The minimum atomic E-state index is -0.703. The zero-order valence-corrected chi connectivity index (χ0v) is 20.1.